The average molecular weight is 268 g/mol. The smallest absolute Gasteiger partial charge is 0.220 e. The van der Waals surface area contributed by atoms with E-state index in [2.05, 4.69) is 34.5 Å². The number of carbonyl (C=O) groups is 1. The van der Waals surface area contributed by atoms with Gasteiger partial charge in [-0.2, -0.15) is 0 Å². The zero-order valence-electron chi connectivity index (χ0n) is 12.3. The van der Waals surface area contributed by atoms with E-state index in [4.69, 9.17) is 0 Å². The first-order valence-corrected chi connectivity index (χ1v) is 7.54. The van der Waals surface area contributed by atoms with E-state index in [9.17, 15) is 4.79 Å². The topological polar surface area (TPSA) is 47.6 Å². The summed E-state index contributed by atoms with van der Waals surface area (Å²) in [6.45, 7) is 5.14. The number of nitrogens with zero attached hydrogens (tertiary/aromatic N) is 2. The molecule has 2 fully saturated rings. The summed E-state index contributed by atoms with van der Waals surface area (Å²) < 4.78 is 0. The van der Waals surface area contributed by atoms with Crippen LogP contribution in [0, 0.1) is 0 Å². The van der Waals surface area contributed by atoms with Gasteiger partial charge in [-0.1, -0.05) is 0 Å². The average Bonchev–Trinajstić information content (AvgIpc) is 2.90. The van der Waals surface area contributed by atoms with E-state index in [-0.39, 0.29) is 5.91 Å². The molecule has 5 nitrogen and oxygen atoms in total. The van der Waals surface area contributed by atoms with Crippen molar-refractivity contribution >= 4 is 5.91 Å². The second-order valence-electron chi connectivity index (χ2n) is 6.03. The quantitative estimate of drug-likeness (QED) is 0.730. The third kappa shape index (κ3) is 4.75. The van der Waals surface area contributed by atoms with Gasteiger partial charge in [-0.05, 0) is 39.9 Å². The van der Waals surface area contributed by atoms with Crippen LogP contribution in [0.1, 0.15) is 25.7 Å². The first-order valence-electron chi connectivity index (χ1n) is 7.54. The molecule has 1 amide bonds. The highest BCUT2D eigenvalue weighted by Crippen LogP contribution is 2.10. The monoisotopic (exact) mass is 268 g/mol. The lowest BCUT2D eigenvalue weighted by molar-refractivity contribution is -0.121. The largest absolute Gasteiger partial charge is 0.354 e. The number of amides is 1. The predicted molar refractivity (Wildman–Crippen MR) is 77.2 cm³/mol. The lowest BCUT2D eigenvalue weighted by Crippen LogP contribution is -2.54. The molecule has 2 saturated heterocycles. The number of hydrogen-bond donors (Lipinski definition) is 2. The molecule has 110 valence electrons. The molecule has 2 unspecified atom stereocenters. The van der Waals surface area contributed by atoms with Gasteiger partial charge in [-0.3, -0.25) is 9.69 Å². The molecule has 0 saturated carbocycles. The fourth-order valence-electron chi connectivity index (χ4n) is 2.95. The van der Waals surface area contributed by atoms with Crippen LogP contribution in [0.5, 0.6) is 0 Å². The van der Waals surface area contributed by atoms with E-state index < -0.39 is 0 Å². The second-order valence-corrected chi connectivity index (χ2v) is 6.03. The van der Waals surface area contributed by atoms with E-state index in [1.165, 1.54) is 12.8 Å². The molecule has 0 bridgehead atoms. The molecule has 2 atom stereocenters. The van der Waals surface area contributed by atoms with Gasteiger partial charge in [0.2, 0.25) is 5.91 Å². The van der Waals surface area contributed by atoms with Gasteiger partial charge in [0.05, 0.1) is 0 Å². The molecule has 19 heavy (non-hydrogen) atoms. The first kappa shape index (κ1) is 14.8. The zero-order valence-corrected chi connectivity index (χ0v) is 12.3. The molecule has 0 radical (unpaired) electrons. The third-order valence-corrected chi connectivity index (χ3v) is 4.40. The maximum Gasteiger partial charge on any atom is 0.220 e. The molecular formula is C14H28N4O. The lowest BCUT2D eigenvalue weighted by atomic mass is 10.1. The summed E-state index contributed by atoms with van der Waals surface area (Å²) in [7, 11) is 4.29. The number of likely N-dealkylation sites (N-methyl/N-ethyl adjacent to an activating group) is 2. The van der Waals surface area contributed by atoms with E-state index in [1.54, 1.807) is 0 Å². The highest BCUT2D eigenvalue weighted by atomic mass is 16.1. The summed E-state index contributed by atoms with van der Waals surface area (Å²) in [6.07, 6.45) is 4.12. The van der Waals surface area contributed by atoms with Crippen molar-refractivity contribution in [3.8, 4) is 0 Å². The summed E-state index contributed by atoms with van der Waals surface area (Å²) in [4.78, 5) is 16.5. The Balaban J connectivity index is 1.62. The normalized spacial score (nSPS) is 29.6. The Kier molecular flexibility index (Phi) is 5.60. The Morgan fingerprint density at radius 3 is 2.95 bits per heavy atom. The summed E-state index contributed by atoms with van der Waals surface area (Å²) >= 11 is 0. The maximum absolute atomic E-state index is 11.9. The summed E-state index contributed by atoms with van der Waals surface area (Å²) in [6, 6.07) is 1.02. The molecule has 5 heteroatoms. The van der Waals surface area contributed by atoms with Crippen molar-refractivity contribution in [3.63, 3.8) is 0 Å². The molecule has 0 spiro atoms. The number of nitrogens with one attached hydrogen (secondary N) is 2. The molecule has 2 heterocycles. The molecular weight excluding hydrogens is 240 g/mol. The Labute approximate surface area is 116 Å². The van der Waals surface area contributed by atoms with Gasteiger partial charge in [0.25, 0.3) is 0 Å². The maximum atomic E-state index is 11.9. The van der Waals surface area contributed by atoms with Gasteiger partial charge >= 0.3 is 0 Å². The van der Waals surface area contributed by atoms with Gasteiger partial charge in [0, 0.05) is 44.7 Å². The van der Waals surface area contributed by atoms with Crippen LogP contribution in [0.4, 0.5) is 0 Å². The molecule has 2 aliphatic rings. The molecule has 0 aromatic heterocycles. The lowest BCUT2D eigenvalue weighted by Gasteiger charge is -2.37. The number of carbonyl (C=O) groups excluding carboxylic acids is 1. The van der Waals surface area contributed by atoms with Crippen LogP contribution in [0.25, 0.3) is 0 Å². The Morgan fingerprint density at radius 2 is 2.21 bits per heavy atom. The summed E-state index contributed by atoms with van der Waals surface area (Å²) in [5, 5.41) is 6.53. The summed E-state index contributed by atoms with van der Waals surface area (Å²) in [5.41, 5.74) is 0. The molecule has 0 aliphatic carbocycles. The SMILES string of the molecule is CN1CCN(C)C(CNC(=O)CCC2CCCN2)C1. The Hall–Kier alpha value is -0.650. The van der Waals surface area contributed by atoms with E-state index in [0.717, 1.165) is 39.1 Å². The van der Waals surface area contributed by atoms with Crippen LogP contribution in [0.2, 0.25) is 0 Å². The fraction of sp³-hybridized carbons (Fsp3) is 0.929. The van der Waals surface area contributed by atoms with Crippen molar-refractivity contribution in [2.45, 2.75) is 37.8 Å². The number of piperazine rings is 1. The van der Waals surface area contributed by atoms with Crippen LogP contribution in [-0.2, 0) is 4.79 Å². The zero-order chi connectivity index (χ0) is 13.7. The van der Waals surface area contributed by atoms with Crippen molar-refractivity contribution in [3.05, 3.63) is 0 Å². The van der Waals surface area contributed by atoms with Gasteiger partial charge in [0.1, 0.15) is 0 Å². The van der Waals surface area contributed by atoms with E-state index >= 15 is 0 Å². The van der Waals surface area contributed by atoms with E-state index in [1.807, 2.05) is 0 Å². The minimum atomic E-state index is 0.204. The second kappa shape index (κ2) is 7.22. The molecule has 2 N–H and O–H groups in total. The van der Waals surface area contributed by atoms with Crippen LogP contribution in [0.3, 0.4) is 0 Å². The Bertz CT molecular complexity index is 291. The van der Waals surface area contributed by atoms with Crippen LogP contribution < -0.4 is 10.6 Å². The minimum absolute atomic E-state index is 0.204. The van der Waals surface area contributed by atoms with Crippen molar-refractivity contribution in [2.24, 2.45) is 0 Å². The van der Waals surface area contributed by atoms with Gasteiger partial charge < -0.3 is 15.5 Å². The molecule has 0 aromatic rings. The molecule has 2 aliphatic heterocycles. The highest BCUT2D eigenvalue weighted by Gasteiger charge is 2.22. The summed E-state index contributed by atoms with van der Waals surface area (Å²) in [5.74, 6) is 0.204. The van der Waals surface area contributed by atoms with Crippen molar-refractivity contribution < 1.29 is 4.79 Å². The van der Waals surface area contributed by atoms with Crippen molar-refractivity contribution in [1.29, 1.82) is 0 Å². The first-order chi connectivity index (χ1) is 9.15. The van der Waals surface area contributed by atoms with Gasteiger partial charge in [0.15, 0.2) is 0 Å². The van der Waals surface area contributed by atoms with Crippen LogP contribution in [0.15, 0.2) is 0 Å². The van der Waals surface area contributed by atoms with Gasteiger partial charge in [-0.15, -0.1) is 0 Å². The minimum Gasteiger partial charge on any atom is -0.354 e. The third-order valence-electron chi connectivity index (χ3n) is 4.40. The standard InChI is InChI=1S/C14H28N4O/c1-17-8-9-18(2)13(11-17)10-16-14(19)6-5-12-4-3-7-15-12/h12-13,15H,3-11H2,1-2H3,(H,16,19). The Morgan fingerprint density at radius 1 is 1.37 bits per heavy atom. The van der Waals surface area contributed by atoms with Crippen LogP contribution >= 0.6 is 0 Å². The van der Waals surface area contributed by atoms with Gasteiger partial charge in [-0.25, -0.2) is 0 Å². The number of hydrogen-bond acceptors (Lipinski definition) is 4. The number of rotatable bonds is 5. The fourth-order valence-corrected chi connectivity index (χ4v) is 2.95. The predicted octanol–water partition coefficient (Wildman–Crippen LogP) is -0.119. The molecule has 2 rings (SSSR count). The molecule has 0 aromatic carbocycles. The highest BCUT2D eigenvalue weighted by molar-refractivity contribution is 5.75. The van der Waals surface area contributed by atoms with Crippen LogP contribution in [-0.4, -0.2) is 74.6 Å². The van der Waals surface area contributed by atoms with Crippen molar-refractivity contribution in [2.75, 3.05) is 46.8 Å². The van der Waals surface area contributed by atoms with E-state index in [0.29, 0.717) is 18.5 Å². The van der Waals surface area contributed by atoms with Crippen molar-refractivity contribution in [1.82, 2.24) is 20.4 Å².